The van der Waals surface area contributed by atoms with E-state index in [1.54, 1.807) is 13.8 Å². The van der Waals surface area contributed by atoms with Crippen molar-refractivity contribution in [1.82, 2.24) is 10.3 Å². The molecule has 1 amide bonds. The number of benzene rings is 1. The van der Waals surface area contributed by atoms with Crippen LogP contribution in [0, 0.1) is 13.8 Å². The fourth-order valence-corrected chi connectivity index (χ4v) is 4.27. The lowest BCUT2D eigenvalue weighted by Gasteiger charge is -2.38. The third kappa shape index (κ3) is 4.00. The maximum Gasteiger partial charge on any atom is 0.339 e. The molecule has 2 aromatic rings. The normalized spacial score (nSPS) is 15.9. The van der Waals surface area contributed by atoms with Gasteiger partial charge in [-0.1, -0.05) is 28.1 Å². The van der Waals surface area contributed by atoms with Gasteiger partial charge in [0.15, 0.2) is 0 Å². The second-order valence-electron chi connectivity index (χ2n) is 7.20. The summed E-state index contributed by atoms with van der Waals surface area (Å²) < 4.78 is 11.4. The Bertz CT molecular complexity index is 885. The molecule has 2 N–H and O–H groups in total. The van der Waals surface area contributed by atoms with Crippen molar-refractivity contribution in [3.8, 4) is 0 Å². The number of methoxy groups -OCH3 is 1. The molecule has 1 aromatic heterocycles. The minimum absolute atomic E-state index is 0.182. The van der Waals surface area contributed by atoms with Crippen molar-refractivity contribution in [3.63, 3.8) is 0 Å². The fourth-order valence-electron chi connectivity index (χ4n) is 3.87. The molecule has 150 valence electrons. The predicted molar refractivity (Wildman–Crippen MR) is 110 cm³/mol. The van der Waals surface area contributed by atoms with Crippen molar-refractivity contribution in [2.75, 3.05) is 26.9 Å². The molecule has 1 fully saturated rings. The fraction of sp³-hybridized carbons (Fsp3) is 0.429. The number of H-pyrrole nitrogens is 1. The highest BCUT2D eigenvalue weighted by atomic mass is 79.9. The van der Waals surface area contributed by atoms with Crippen molar-refractivity contribution in [3.05, 3.63) is 56.8 Å². The molecule has 1 aliphatic rings. The summed E-state index contributed by atoms with van der Waals surface area (Å²) in [6.07, 6.45) is 1.67. The Labute approximate surface area is 173 Å². The average molecular weight is 449 g/mol. The third-order valence-corrected chi connectivity index (χ3v) is 6.02. The Kier molecular flexibility index (Phi) is 6.25. The highest BCUT2D eigenvalue weighted by Crippen LogP contribution is 2.35. The number of ether oxygens (including phenoxy) is 2. The van der Waals surface area contributed by atoms with Gasteiger partial charge in [0.25, 0.3) is 5.91 Å². The van der Waals surface area contributed by atoms with Crippen LogP contribution in [0.2, 0.25) is 0 Å². The lowest BCUT2D eigenvalue weighted by molar-refractivity contribution is 0.0486. The number of rotatable bonds is 5. The standard InChI is InChI=1S/C21H25BrN2O4/c1-13-17(20(26)27-3)14(2)24-18(13)19(25)23-12-21(7-9-28-10-8-21)15-5-4-6-16(22)11-15/h4-6,11,24H,7-10,12H2,1-3H3,(H,23,25). The van der Waals surface area contributed by atoms with Gasteiger partial charge in [0.05, 0.1) is 12.7 Å². The molecule has 7 heteroatoms. The zero-order chi connectivity index (χ0) is 20.3. The second kappa shape index (κ2) is 8.49. The van der Waals surface area contributed by atoms with E-state index in [4.69, 9.17) is 9.47 Å². The van der Waals surface area contributed by atoms with Crippen LogP contribution in [0.5, 0.6) is 0 Å². The smallest absolute Gasteiger partial charge is 0.339 e. The van der Waals surface area contributed by atoms with E-state index in [0.29, 0.717) is 42.3 Å². The summed E-state index contributed by atoms with van der Waals surface area (Å²) in [4.78, 5) is 27.9. The van der Waals surface area contributed by atoms with E-state index in [1.165, 1.54) is 12.7 Å². The van der Waals surface area contributed by atoms with Gasteiger partial charge in [-0.3, -0.25) is 4.79 Å². The van der Waals surface area contributed by atoms with Crippen LogP contribution in [-0.2, 0) is 14.9 Å². The number of carbonyl (C=O) groups excluding carboxylic acids is 2. The number of halogens is 1. The molecule has 0 aliphatic carbocycles. The first kappa shape index (κ1) is 20.6. The van der Waals surface area contributed by atoms with Crippen LogP contribution in [0.3, 0.4) is 0 Å². The maximum atomic E-state index is 12.9. The molecule has 6 nitrogen and oxygen atoms in total. The van der Waals surface area contributed by atoms with Gasteiger partial charge >= 0.3 is 5.97 Å². The number of hydrogen-bond donors (Lipinski definition) is 2. The second-order valence-corrected chi connectivity index (χ2v) is 8.12. The average Bonchev–Trinajstić information content (AvgIpc) is 3.00. The summed E-state index contributed by atoms with van der Waals surface area (Å²) in [5.74, 6) is -0.669. The van der Waals surface area contributed by atoms with Gasteiger partial charge in [-0.2, -0.15) is 0 Å². The van der Waals surface area contributed by atoms with E-state index in [9.17, 15) is 9.59 Å². The molecule has 0 bridgehead atoms. The summed E-state index contributed by atoms with van der Waals surface area (Å²) in [6.45, 7) is 5.34. The molecule has 3 rings (SSSR count). The van der Waals surface area contributed by atoms with Gasteiger partial charge in [-0.05, 0) is 49.9 Å². The van der Waals surface area contributed by atoms with E-state index in [-0.39, 0.29) is 11.3 Å². The van der Waals surface area contributed by atoms with Gasteiger partial charge in [0, 0.05) is 35.3 Å². The summed E-state index contributed by atoms with van der Waals surface area (Å²) in [6, 6.07) is 8.21. The molecule has 1 aliphatic heterocycles. The topological polar surface area (TPSA) is 80.4 Å². The van der Waals surface area contributed by atoms with Crippen LogP contribution in [-0.4, -0.2) is 43.7 Å². The molecule has 0 saturated carbocycles. The number of aryl methyl sites for hydroxylation is 1. The first-order valence-corrected chi connectivity index (χ1v) is 10.1. The van der Waals surface area contributed by atoms with E-state index in [1.807, 2.05) is 12.1 Å². The minimum Gasteiger partial charge on any atom is -0.465 e. The number of carbonyl (C=O) groups is 2. The monoisotopic (exact) mass is 448 g/mol. The SMILES string of the molecule is COC(=O)c1c(C)[nH]c(C(=O)NCC2(c3cccc(Br)c3)CCOCC2)c1C. The van der Waals surface area contributed by atoms with E-state index in [2.05, 4.69) is 38.4 Å². The van der Waals surface area contributed by atoms with Gasteiger partial charge in [0.2, 0.25) is 0 Å². The Morgan fingerprint density at radius 2 is 2.00 bits per heavy atom. The van der Waals surface area contributed by atoms with Gasteiger partial charge in [-0.15, -0.1) is 0 Å². The largest absolute Gasteiger partial charge is 0.465 e. The van der Waals surface area contributed by atoms with Crippen LogP contribution in [0.4, 0.5) is 0 Å². The van der Waals surface area contributed by atoms with Crippen LogP contribution < -0.4 is 5.32 Å². The number of aromatic nitrogens is 1. The third-order valence-electron chi connectivity index (χ3n) is 5.53. The molecular formula is C21H25BrN2O4. The van der Waals surface area contributed by atoms with Crippen molar-refractivity contribution in [1.29, 1.82) is 0 Å². The number of esters is 1. The molecule has 1 aromatic carbocycles. The summed E-state index contributed by atoms with van der Waals surface area (Å²) in [7, 11) is 1.33. The maximum absolute atomic E-state index is 12.9. The van der Waals surface area contributed by atoms with Crippen LogP contribution >= 0.6 is 15.9 Å². The number of aromatic amines is 1. The van der Waals surface area contributed by atoms with Crippen molar-refractivity contribution >= 4 is 27.8 Å². The Morgan fingerprint density at radius 1 is 1.29 bits per heavy atom. The van der Waals surface area contributed by atoms with E-state index >= 15 is 0 Å². The molecule has 2 heterocycles. The van der Waals surface area contributed by atoms with Crippen LogP contribution in [0.15, 0.2) is 28.7 Å². The summed E-state index contributed by atoms with van der Waals surface area (Å²) in [5, 5.41) is 3.07. The molecule has 0 unspecified atom stereocenters. The Balaban J connectivity index is 1.83. The Hall–Kier alpha value is -2.12. The number of hydrogen-bond acceptors (Lipinski definition) is 4. The minimum atomic E-state index is -0.444. The lowest BCUT2D eigenvalue weighted by Crippen LogP contribution is -2.44. The van der Waals surface area contributed by atoms with Crippen LogP contribution in [0.1, 0.15) is 50.5 Å². The highest BCUT2D eigenvalue weighted by Gasteiger charge is 2.35. The molecule has 0 atom stereocenters. The van der Waals surface area contributed by atoms with Gasteiger partial charge in [0.1, 0.15) is 5.69 Å². The van der Waals surface area contributed by atoms with Crippen LogP contribution in [0.25, 0.3) is 0 Å². The molecule has 0 spiro atoms. The lowest BCUT2D eigenvalue weighted by atomic mass is 9.74. The number of amides is 1. The predicted octanol–water partition coefficient (Wildman–Crippen LogP) is 3.66. The van der Waals surface area contributed by atoms with Crippen molar-refractivity contribution in [2.24, 2.45) is 0 Å². The zero-order valence-corrected chi connectivity index (χ0v) is 17.9. The van der Waals surface area contributed by atoms with E-state index in [0.717, 1.165) is 17.3 Å². The first-order valence-electron chi connectivity index (χ1n) is 9.27. The quantitative estimate of drug-likeness (QED) is 0.683. The van der Waals surface area contributed by atoms with E-state index < -0.39 is 5.97 Å². The van der Waals surface area contributed by atoms with Gasteiger partial charge in [-0.25, -0.2) is 4.79 Å². The van der Waals surface area contributed by atoms with Crippen molar-refractivity contribution in [2.45, 2.75) is 32.1 Å². The Morgan fingerprint density at radius 3 is 2.64 bits per heavy atom. The first-order chi connectivity index (χ1) is 13.4. The highest BCUT2D eigenvalue weighted by molar-refractivity contribution is 9.10. The molecular weight excluding hydrogens is 424 g/mol. The number of nitrogens with one attached hydrogen (secondary N) is 2. The molecule has 1 saturated heterocycles. The summed E-state index contributed by atoms with van der Waals surface area (Å²) >= 11 is 3.54. The summed E-state index contributed by atoms with van der Waals surface area (Å²) in [5.41, 5.74) is 3.04. The van der Waals surface area contributed by atoms with Crippen molar-refractivity contribution < 1.29 is 19.1 Å². The van der Waals surface area contributed by atoms with Gasteiger partial charge < -0.3 is 19.8 Å². The molecule has 28 heavy (non-hydrogen) atoms. The molecule has 0 radical (unpaired) electrons. The zero-order valence-electron chi connectivity index (χ0n) is 16.4.